The Morgan fingerprint density at radius 1 is 1.60 bits per heavy atom. The predicted octanol–water partition coefficient (Wildman–Crippen LogP) is 1.56. The molecule has 0 aromatic carbocycles. The second kappa shape index (κ2) is 3.91. The number of aliphatic hydroxyl groups excluding tert-OH is 1. The minimum absolute atomic E-state index is 0.105. The molecule has 0 spiro atoms. The Hall–Kier alpha value is -0.930. The molecule has 1 unspecified atom stereocenters. The molecule has 0 amide bonds. The minimum Gasteiger partial charge on any atom is -0.387 e. The van der Waals surface area contributed by atoms with Gasteiger partial charge >= 0.3 is 0 Å². The van der Waals surface area contributed by atoms with Crippen molar-refractivity contribution in [2.24, 2.45) is 5.73 Å². The smallest absolute Gasteiger partial charge is 0.0931 e. The lowest BCUT2D eigenvalue weighted by Gasteiger charge is -2.09. The van der Waals surface area contributed by atoms with Crippen molar-refractivity contribution in [1.29, 1.82) is 0 Å². The van der Waals surface area contributed by atoms with Crippen molar-refractivity contribution in [1.82, 2.24) is 4.98 Å². The van der Waals surface area contributed by atoms with Crippen LogP contribution in [-0.4, -0.2) is 15.6 Å². The molecule has 0 bridgehead atoms. The topological polar surface area (TPSA) is 59.1 Å². The molecule has 1 atom stereocenters. The molecule has 15 heavy (non-hydrogen) atoms. The van der Waals surface area contributed by atoms with E-state index in [0.717, 1.165) is 31.4 Å². The Kier molecular flexibility index (Phi) is 2.76. The number of pyridine rings is 1. The highest BCUT2D eigenvalue weighted by Crippen LogP contribution is 2.36. The Balaban J connectivity index is 1.98. The first-order chi connectivity index (χ1) is 7.09. The normalized spacial score (nSPS) is 19.9. The van der Waals surface area contributed by atoms with Gasteiger partial charge < -0.3 is 10.8 Å². The predicted molar refractivity (Wildman–Crippen MR) is 59.3 cm³/mol. The maximum Gasteiger partial charge on any atom is 0.0931 e. The summed E-state index contributed by atoms with van der Waals surface area (Å²) in [5.41, 5.74) is 8.10. The van der Waals surface area contributed by atoms with Crippen LogP contribution in [0.2, 0.25) is 0 Å². The number of aliphatic hydroxyl groups is 1. The van der Waals surface area contributed by atoms with E-state index in [4.69, 9.17) is 5.73 Å². The van der Waals surface area contributed by atoms with E-state index in [2.05, 4.69) is 4.98 Å². The van der Waals surface area contributed by atoms with E-state index >= 15 is 0 Å². The first kappa shape index (κ1) is 10.6. The fourth-order valence-electron chi connectivity index (χ4n) is 1.68. The molecule has 0 aliphatic heterocycles. The maximum absolute atomic E-state index is 9.40. The first-order valence-electron chi connectivity index (χ1n) is 5.51. The fourth-order valence-corrected chi connectivity index (χ4v) is 1.68. The number of hydrogen-bond acceptors (Lipinski definition) is 3. The van der Waals surface area contributed by atoms with Crippen molar-refractivity contribution in [3.05, 3.63) is 29.6 Å². The number of aryl methyl sites for hydroxylation is 1. The quantitative estimate of drug-likeness (QED) is 0.786. The number of hydrogen-bond donors (Lipinski definition) is 2. The molecule has 3 N–H and O–H groups in total. The van der Waals surface area contributed by atoms with E-state index in [1.54, 1.807) is 13.1 Å². The zero-order valence-electron chi connectivity index (χ0n) is 9.11. The van der Waals surface area contributed by atoms with Crippen LogP contribution in [-0.2, 0) is 6.42 Å². The summed E-state index contributed by atoms with van der Waals surface area (Å²) in [6, 6.07) is 3.97. The molecule has 1 aromatic heterocycles. The fraction of sp³-hybridized carbons (Fsp3) is 0.583. The Bertz CT molecular complexity index is 345. The molecule has 82 valence electrons. The molecule has 0 saturated heterocycles. The maximum atomic E-state index is 9.40. The van der Waals surface area contributed by atoms with Gasteiger partial charge in [-0.1, -0.05) is 0 Å². The SMILES string of the molecule is CC(O)c1cc(CCC2(N)CC2)ccn1. The van der Waals surface area contributed by atoms with Gasteiger partial charge in [-0.05, 0) is 50.3 Å². The van der Waals surface area contributed by atoms with Crippen molar-refractivity contribution < 1.29 is 5.11 Å². The first-order valence-corrected chi connectivity index (χ1v) is 5.51. The molecule has 1 aromatic rings. The zero-order valence-corrected chi connectivity index (χ0v) is 9.11. The van der Waals surface area contributed by atoms with Crippen molar-refractivity contribution >= 4 is 0 Å². The number of nitrogens with zero attached hydrogens (tertiary/aromatic N) is 1. The van der Waals surface area contributed by atoms with Crippen molar-refractivity contribution in [3.63, 3.8) is 0 Å². The van der Waals surface area contributed by atoms with Gasteiger partial charge in [0.15, 0.2) is 0 Å². The van der Waals surface area contributed by atoms with Crippen molar-refractivity contribution in [2.75, 3.05) is 0 Å². The molecule has 1 saturated carbocycles. The van der Waals surface area contributed by atoms with Crippen LogP contribution in [0, 0.1) is 0 Å². The van der Waals surface area contributed by atoms with Gasteiger partial charge in [-0.2, -0.15) is 0 Å². The van der Waals surface area contributed by atoms with Crippen LogP contribution in [0.3, 0.4) is 0 Å². The molecule has 3 nitrogen and oxygen atoms in total. The van der Waals surface area contributed by atoms with Gasteiger partial charge in [-0.3, -0.25) is 4.98 Å². The average Bonchev–Trinajstić information content (AvgIpc) is 2.95. The lowest BCUT2D eigenvalue weighted by molar-refractivity contribution is 0.194. The molecular weight excluding hydrogens is 188 g/mol. The van der Waals surface area contributed by atoms with E-state index in [1.165, 1.54) is 5.56 Å². The third-order valence-corrected chi connectivity index (χ3v) is 3.08. The molecule has 1 fully saturated rings. The van der Waals surface area contributed by atoms with Crippen molar-refractivity contribution in [3.8, 4) is 0 Å². The van der Waals surface area contributed by atoms with Gasteiger partial charge in [-0.25, -0.2) is 0 Å². The Morgan fingerprint density at radius 3 is 2.93 bits per heavy atom. The summed E-state index contributed by atoms with van der Waals surface area (Å²) in [7, 11) is 0. The standard InChI is InChI=1S/C12H18N2O/c1-9(15)11-8-10(3-7-14-11)2-4-12(13)5-6-12/h3,7-9,15H,2,4-6,13H2,1H3. The largest absolute Gasteiger partial charge is 0.387 e. The molecule has 1 heterocycles. The van der Waals surface area contributed by atoms with Crippen LogP contribution >= 0.6 is 0 Å². The van der Waals surface area contributed by atoms with Gasteiger partial charge in [0, 0.05) is 11.7 Å². The molecule has 2 rings (SSSR count). The third kappa shape index (κ3) is 2.76. The summed E-state index contributed by atoms with van der Waals surface area (Å²) in [5, 5.41) is 9.40. The molecule has 1 aliphatic carbocycles. The van der Waals surface area contributed by atoms with E-state index < -0.39 is 6.10 Å². The molecule has 1 aliphatic rings. The second-order valence-corrected chi connectivity index (χ2v) is 4.63. The summed E-state index contributed by atoms with van der Waals surface area (Å²) in [4.78, 5) is 4.12. The summed E-state index contributed by atoms with van der Waals surface area (Å²) in [6.07, 6.45) is 5.60. The Labute approximate surface area is 90.3 Å². The zero-order chi connectivity index (χ0) is 10.9. The van der Waals surface area contributed by atoms with Gasteiger partial charge in [0.1, 0.15) is 0 Å². The van der Waals surface area contributed by atoms with Crippen LogP contribution in [0.4, 0.5) is 0 Å². The van der Waals surface area contributed by atoms with Crippen molar-refractivity contribution in [2.45, 2.75) is 44.2 Å². The highest BCUT2D eigenvalue weighted by Gasteiger charge is 2.37. The van der Waals surface area contributed by atoms with Crippen LogP contribution in [0.5, 0.6) is 0 Å². The van der Waals surface area contributed by atoms with E-state index in [-0.39, 0.29) is 5.54 Å². The van der Waals surface area contributed by atoms with Crippen LogP contribution < -0.4 is 5.73 Å². The van der Waals surface area contributed by atoms with Gasteiger partial charge in [-0.15, -0.1) is 0 Å². The highest BCUT2D eigenvalue weighted by atomic mass is 16.3. The van der Waals surface area contributed by atoms with E-state index in [0.29, 0.717) is 0 Å². The van der Waals surface area contributed by atoms with Gasteiger partial charge in [0.25, 0.3) is 0 Å². The highest BCUT2D eigenvalue weighted by molar-refractivity contribution is 5.19. The van der Waals surface area contributed by atoms with Crippen LogP contribution in [0.1, 0.15) is 43.5 Å². The third-order valence-electron chi connectivity index (χ3n) is 3.08. The van der Waals surface area contributed by atoms with E-state index in [9.17, 15) is 5.11 Å². The summed E-state index contributed by atoms with van der Waals surface area (Å²) < 4.78 is 0. The number of aromatic nitrogens is 1. The average molecular weight is 206 g/mol. The lowest BCUT2D eigenvalue weighted by atomic mass is 10.0. The van der Waals surface area contributed by atoms with Gasteiger partial charge in [0.2, 0.25) is 0 Å². The molecular formula is C12H18N2O. The second-order valence-electron chi connectivity index (χ2n) is 4.63. The van der Waals surface area contributed by atoms with Crippen LogP contribution in [0.25, 0.3) is 0 Å². The number of nitrogens with two attached hydrogens (primary N) is 1. The lowest BCUT2D eigenvalue weighted by Crippen LogP contribution is -2.22. The molecule has 3 heteroatoms. The molecule has 0 radical (unpaired) electrons. The summed E-state index contributed by atoms with van der Waals surface area (Å²) in [5.74, 6) is 0. The van der Waals surface area contributed by atoms with Crippen LogP contribution in [0.15, 0.2) is 18.3 Å². The number of rotatable bonds is 4. The monoisotopic (exact) mass is 206 g/mol. The minimum atomic E-state index is -0.488. The van der Waals surface area contributed by atoms with E-state index in [1.807, 2.05) is 12.1 Å². The Morgan fingerprint density at radius 2 is 2.33 bits per heavy atom. The van der Waals surface area contributed by atoms with Gasteiger partial charge in [0.05, 0.1) is 11.8 Å². The summed E-state index contributed by atoms with van der Waals surface area (Å²) >= 11 is 0. The summed E-state index contributed by atoms with van der Waals surface area (Å²) in [6.45, 7) is 1.73.